The van der Waals surface area contributed by atoms with Crippen molar-refractivity contribution in [1.29, 1.82) is 5.26 Å². The van der Waals surface area contributed by atoms with E-state index < -0.39 is 11.7 Å². The van der Waals surface area contributed by atoms with Crippen LogP contribution >= 0.6 is 0 Å². The Hall–Kier alpha value is -2.68. The summed E-state index contributed by atoms with van der Waals surface area (Å²) in [6, 6.07) is 11.2. The summed E-state index contributed by atoms with van der Waals surface area (Å²) < 4.78 is 37.3. The lowest BCUT2D eigenvalue weighted by molar-refractivity contribution is -0.137. The topological polar surface area (TPSA) is 61.8 Å². The van der Waals surface area contributed by atoms with Crippen molar-refractivity contribution in [3.63, 3.8) is 0 Å². The molecule has 0 bridgehead atoms. The summed E-state index contributed by atoms with van der Waals surface area (Å²) in [6.45, 7) is 0. The summed E-state index contributed by atoms with van der Waals surface area (Å²) >= 11 is 0. The highest BCUT2D eigenvalue weighted by Crippen LogP contribution is 2.31. The molecule has 20 heavy (non-hydrogen) atoms. The van der Waals surface area contributed by atoms with Gasteiger partial charge in [-0.3, -0.25) is 0 Å². The third kappa shape index (κ3) is 3.01. The number of nitriles is 1. The van der Waals surface area contributed by atoms with Gasteiger partial charge >= 0.3 is 6.18 Å². The SMILES string of the molecule is N#Cc1ccc(Nc2ccc(C(F)(F)F)cc2)c(N)c1. The van der Waals surface area contributed by atoms with Gasteiger partial charge in [0.2, 0.25) is 0 Å². The highest BCUT2D eigenvalue weighted by molar-refractivity contribution is 5.73. The van der Waals surface area contributed by atoms with Gasteiger partial charge in [-0.2, -0.15) is 18.4 Å². The number of nitrogens with two attached hydrogens (primary N) is 1. The van der Waals surface area contributed by atoms with Crippen molar-refractivity contribution in [3.8, 4) is 6.07 Å². The largest absolute Gasteiger partial charge is 0.416 e. The fraction of sp³-hybridized carbons (Fsp3) is 0.0714. The Labute approximate surface area is 113 Å². The van der Waals surface area contributed by atoms with Crippen LogP contribution in [0.2, 0.25) is 0 Å². The van der Waals surface area contributed by atoms with Gasteiger partial charge in [-0.15, -0.1) is 0 Å². The van der Waals surface area contributed by atoms with E-state index in [1.165, 1.54) is 18.2 Å². The lowest BCUT2D eigenvalue weighted by atomic mass is 10.1. The van der Waals surface area contributed by atoms with Crippen LogP contribution in [0.15, 0.2) is 42.5 Å². The van der Waals surface area contributed by atoms with Crippen LogP contribution in [0.1, 0.15) is 11.1 Å². The molecule has 2 aromatic rings. The quantitative estimate of drug-likeness (QED) is 0.818. The number of alkyl halides is 3. The molecule has 0 aliphatic carbocycles. The van der Waals surface area contributed by atoms with Crippen molar-refractivity contribution in [2.75, 3.05) is 11.1 Å². The maximum Gasteiger partial charge on any atom is 0.416 e. The molecule has 0 radical (unpaired) electrons. The number of rotatable bonds is 2. The summed E-state index contributed by atoms with van der Waals surface area (Å²) in [5, 5.41) is 11.6. The monoisotopic (exact) mass is 277 g/mol. The molecule has 0 fully saturated rings. The van der Waals surface area contributed by atoms with E-state index in [1.807, 2.05) is 6.07 Å². The molecule has 0 aliphatic rings. The molecular formula is C14H10F3N3. The third-order valence-electron chi connectivity index (χ3n) is 2.67. The van der Waals surface area contributed by atoms with Crippen LogP contribution in [0.4, 0.5) is 30.2 Å². The minimum Gasteiger partial charge on any atom is -0.397 e. The second kappa shape index (κ2) is 5.13. The molecule has 0 heterocycles. The number of hydrogen-bond donors (Lipinski definition) is 2. The van der Waals surface area contributed by atoms with Gasteiger partial charge in [-0.05, 0) is 42.5 Å². The predicted octanol–water partition coefficient (Wildman–Crippen LogP) is 3.90. The van der Waals surface area contributed by atoms with Gasteiger partial charge in [0.25, 0.3) is 0 Å². The molecule has 0 aliphatic heterocycles. The summed E-state index contributed by atoms with van der Waals surface area (Å²) in [4.78, 5) is 0. The normalized spacial score (nSPS) is 10.9. The average Bonchev–Trinajstić information content (AvgIpc) is 2.40. The number of halogens is 3. The Balaban J connectivity index is 2.21. The van der Waals surface area contributed by atoms with Gasteiger partial charge in [0.1, 0.15) is 0 Å². The molecule has 3 N–H and O–H groups in total. The van der Waals surface area contributed by atoms with Crippen molar-refractivity contribution in [2.24, 2.45) is 0 Å². The fourth-order valence-electron chi connectivity index (χ4n) is 1.64. The third-order valence-corrected chi connectivity index (χ3v) is 2.67. The summed E-state index contributed by atoms with van der Waals surface area (Å²) in [5.41, 5.74) is 6.82. The summed E-state index contributed by atoms with van der Waals surface area (Å²) in [7, 11) is 0. The standard InChI is InChI=1S/C14H10F3N3/c15-14(16,17)10-2-4-11(5-3-10)20-13-6-1-9(8-18)7-12(13)19/h1-7,20H,19H2. The zero-order chi connectivity index (χ0) is 14.8. The van der Waals surface area contributed by atoms with Crippen LogP contribution < -0.4 is 11.1 Å². The second-order valence-corrected chi connectivity index (χ2v) is 4.11. The number of hydrogen-bond acceptors (Lipinski definition) is 3. The Kier molecular flexibility index (Phi) is 3.53. The van der Waals surface area contributed by atoms with Crippen LogP contribution in [-0.2, 0) is 6.18 Å². The van der Waals surface area contributed by atoms with Crippen LogP contribution in [0.3, 0.4) is 0 Å². The molecule has 3 nitrogen and oxygen atoms in total. The van der Waals surface area contributed by atoms with Gasteiger partial charge in [0, 0.05) is 5.69 Å². The minimum absolute atomic E-state index is 0.351. The van der Waals surface area contributed by atoms with E-state index in [0.717, 1.165) is 12.1 Å². The molecule has 0 saturated carbocycles. The van der Waals surface area contributed by atoms with Gasteiger partial charge in [-0.1, -0.05) is 0 Å². The Bertz CT molecular complexity index is 655. The van der Waals surface area contributed by atoms with Gasteiger partial charge in [0.15, 0.2) is 0 Å². The molecule has 0 aromatic heterocycles. The van der Waals surface area contributed by atoms with E-state index >= 15 is 0 Å². The van der Waals surface area contributed by atoms with Crippen LogP contribution in [0.25, 0.3) is 0 Å². The first-order chi connectivity index (χ1) is 9.40. The zero-order valence-electron chi connectivity index (χ0n) is 10.2. The highest BCUT2D eigenvalue weighted by Gasteiger charge is 2.29. The maximum atomic E-state index is 12.4. The van der Waals surface area contributed by atoms with Crippen LogP contribution in [-0.4, -0.2) is 0 Å². The molecule has 6 heteroatoms. The van der Waals surface area contributed by atoms with Crippen molar-refractivity contribution < 1.29 is 13.2 Å². The summed E-state index contributed by atoms with van der Waals surface area (Å²) in [6.07, 6.45) is -4.36. The first kappa shape index (κ1) is 13.7. The Morgan fingerprint density at radius 3 is 2.20 bits per heavy atom. The van der Waals surface area contributed by atoms with E-state index in [-0.39, 0.29) is 0 Å². The second-order valence-electron chi connectivity index (χ2n) is 4.11. The zero-order valence-corrected chi connectivity index (χ0v) is 10.2. The number of anilines is 3. The number of nitrogens with one attached hydrogen (secondary N) is 1. The molecule has 102 valence electrons. The smallest absolute Gasteiger partial charge is 0.397 e. The number of nitrogens with zero attached hydrogens (tertiary/aromatic N) is 1. The van der Waals surface area contributed by atoms with Crippen molar-refractivity contribution in [3.05, 3.63) is 53.6 Å². The van der Waals surface area contributed by atoms with Crippen molar-refractivity contribution in [1.82, 2.24) is 0 Å². The molecule has 0 spiro atoms. The Morgan fingerprint density at radius 1 is 1.05 bits per heavy atom. The van der Waals surface area contributed by atoms with Crippen LogP contribution in [0, 0.1) is 11.3 Å². The lowest BCUT2D eigenvalue weighted by Crippen LogP contribution is -2.04. The number of nitrogen functional groups attached to an aromatic ring is 1. The summed E-state index contributed by atoms with van der Waals surface area (Å²) in [5.74, 6) is 0. The Morgan fingerprint density at radius 2 is 1.70 bits per heavy atom. The van der Waals surface area contributed by atoms with Gasteiger partial charge in [0.05, 0.1) is 28.6 Å². The highest BCUT2D eigenvalue weighted by atomic mass is 19.4. The number of benzene rings is 2. The average molecular weight is 277 g/mol. The molecule has 0 saturated heterocycles. The molecule has 0 atom stereocenters. The van der Waals surface area contributed by atoms with E-state index in [0.29, 0.717) is 22.6 Å². The predicted molar refractivity (Wildman–Crippen MR) is 70.3 cm³/mol. The van der Waals surface area contributed by atoms with E-state index in [2.05, 4.69) is 5.32 Å². The van der Waals surface area contributed by atoms with Gasteiger partial charge < -0.3 is 11.1 Å². The van der Waals surface area contributed by atoms with Crippen LogP contribution in [0.5, 0.6) is 0 Å². The first-order valence-corrected chi connectivity index (χ1v) is 5.64. The lowest BCUT2D eigenvalue weighted by Gasteiger charge is -2.11. The minimum atomic E-state index is -4.36. The molecule has 0 amide bonds. The molecule has 0 unspecified atom stereocenters. The van der Waals surface area contributed by atoms with E-state index in [9.17, 15) is 13.2 Å². The van der Waals surface area contributed by atoms with E-state index in [1.54, 1.807) is 12.1 Å². The van der Waals surface area contributed by atoms with Crippen molar-refractivity contribution >= 4 is 17.1 Å². The molecule has 2 rings (SSSR count). The van der Waals surface area contributed by atoms with Crippen molar-refractivity contribution in [2.45, 2.75) is 6.18 Å². The first-order valence-electron chi connectivity index (χ1n) is 5.64. The molecular weight excluding hydrogens is 267 g/mol. The molecule has 2 aromatic carbocycles. The van der Waals surface area contributed by atoms with E-state index in [4.69, 9.17) is 11.0 Å². The fourth-order valence-corrected chi connectivity index (χ4v) is 1.64. The maximum absolute atomic E-state index is 12.4. The van der Waals surface area contributed by atoms with Gasteiger partial charge in [-0.25, -0.2) is 0 Å².